The molecule has 33 heavy (non-hydrogen) atoms. The third-order valence-electron chi connectivity index (χ3n) is 5.77. The van der Waals surface area contributed by atoms with E-state index in [4.69, 9.17) is 9.84 Å². The molecule has 4 aromatic rings. The topological polar surface area (TPSA) is 73.1 Å². The molecule has 1 amide bonds. The Hall–Kier alpha value is -4.18. The molecule has 1 atom stereocenters. The fraction of sp³-hybridized carbons (Fsp3) is 0.231. The standard InChI is InChI=1S/C26H23N5O2/c1-2-7-24(32)30-15-6-8-20(30)17-31-26-23(16-27-18-28-26)25(29-31)19-11-13-22(14-12-19)33-21-9-4-3-5-10-21/h3-5,9-14,16,18,20H,6,8,15,17H2,1H3/t20-/m1/s1. The number of hydrogen-bond donors (Lipinski definition) is 0. The first kappa shape index (κ1) is 20.7. The molecular weight excluding hydrogens is 414 g/mol. The van der Waals surface area contributed by atoms with Gasteiger partial charge < -0.3 is 9.64 Å². The van der Waals surface area contributed by atoms with Crippen LogP contribution in [0.4, 0.5) is 0 Å². The Morgan fingerprint density at radius 1 is 1.12 bits per heavy atom. The zero-order valence-corrected chi connectivity index (χ0v) is 18.3. The van der Waals surface area contributed by atoms with Crippen LogP contribution in [0.3, 0.4) is 0 Å². The number of fused-ring (bicyclic) bond motifs is 1. The van der Waals surface area contributed by atoms with E-state index in [9.17, 15) is 4.79 Å². The second kappa shape index (κ2) is 9.13. The van der Waals surface area contributed by atoms with Crippen LogP contribution < -0.4 is 4.74 Å². The van der Waals surface area contributed by atoms with Crippen molar-refractivity contribution in [1.82, 2.24) is 24.6 Å². The third-order valence-corrected chi connectivity index (χ3v) is 5.77. The quantitative estimate of drug-likeness (QED) is 0.435. The number of rotatable bonds is 5. The summed E-state index contributed by atoms with van der Waals surface area (Å²) >= 11 is 0. The van der Waals surface area contributed by atoms with Crippen molar-refractivity contribution < 1.29 is 9.53 Å². The number of benzene rings is 2. The van der Waals surface area contributed by atoms with E-state index in [-0.39, 0.29) is 11.9 Å². The lowest BCUT2D eigenvalue weighted by Gasteiger charge is -2.22. The minimum atomic E-state index is -0.125. The number of likely N-dealkylation sites (tertiary alicyclic amines) is 1. The predicted molar refractivity (Wildman–Crippen MR) is 125 cm³/mol. The van der Waals surface area contributed by atoms with Crippen molar-refractivity contribution in [3.05, 3.63) is 67.1 Å². The number of ether oxygens (including phenoxy) is 1. The minimum absolute atomic E-state index is 0.0471. The Labute approximate surface area is 192 Å². The fourth-order valence-electron chi connectivity index (χ4n) is 4.24. The first-order chi connectivity index (χ1) is 16.2. The van der Waals surface area contributed by atoms with Crippen LogP contribution in [-0.4, -0.2) is 43.1 Å². The molecule has 164 valence electrons. The van der Waals surface area contributed by atoms with Gasteiger partial charge in [-0.05, 0) is 62.1 Å². The van der Waals surface area contributed by atoms with Gasteiger partial charge in [-0.2, -0.15) is 5.10 Å². The monoisotopic (exact) mass is 437 g/mol. The fourth-order valence-corrected chi connectivity index (χ4v) is 4.24. The maximum Gasteiger partial charge on any atom is 0.298 e. The van der Waals surface area contributed by atoms with Crippen LogP contribution in [-0.2, 0) is 11.3 Å². The molecular formula is C26H23N5O2. The number of hydrogen-bond acceptors (Lipinski definition) is 5. The van der Waals surface area contributed by atoms with Crippen molar-refractivity contribution in [3.8, 4) is 34.6 Å². The molecule has 0 radical (unpaired) electrons. The van der Waals surface area contributed by atoms with E-state index in [2.05, 4.69) is 21.8 Å². The number of carbonyl (C=O) groups excluding carboxylic acids is 1. The lowest BCUT2D eigenvalue weighted by atomic mass is 10.1. The highest BCUT2D eigenvalue weighted by Crippen LogP contribution is 2.30. The molecule has 0 saturated carbocycles. The van der Waals surface area contributed by atoms with Crippen LogP contribution in [0.25, 0.3) is 22.3 Å². The molecule has 1 aliphatic heterocycles. The normalized spacial score (nSPS) is 15.3. The predicted octanol–water partition coefficient (Wildman–Crippen LogP) is 4.30. The van der Waals surface area contributed by atoms with Gasteiger partial charge in [-0.25, -0.2) is 14.6 Å². The molecule has 3 heterocycles. The zero-order valence-electron chi connectivity index (χ0n) is 18.3. The summed E-state index contributed by atoms with van der Waals surface area (Å²) in [7, 11) is 0. The molecule has 1 aliphatic rings. The van der Waals surface area contributed by atoms with Crippen molar-refractivity contribution >= 4 is 16.9 Å². The SMILES string of the molecule is CC#CC(=O)N1CCC[C@@H]1Cn1nc(-c2ccc(Oc3ccccc3)cc2)c2cncnc21. The van der Waals surface area contributed by atoms with Gasteiger partial charge in [0.25, 0.3) is 5.91 Å². The molecule has 7 heteroatoms. The lowest BCUT2D eigenvalue weighted by Crippen LogP contribution is -2.37. The Morgan fingerprint density at radius 3 is 2.70 bits per heavy atom. The number of nitrogens with zero attached hydrogens (tertiary/aromatic N) is 5. The number of amides is 1. The van der Waals surface area contributed by atoms with Crippen LogP contribution in [0, 0.1) is 11.8 Å². The van der Waals surface area contributed by atoms with Crippen molar-refractivity contribution in [1.29, 1.82) is 0 Å². The van der Waals surface area contributed by atoms with Crippen molar-refractivity contribution in [3.63, 3.8) is 0 Å². The van der Waals surface area contributed by atoms with Gasteiger partial charge in [0, 0.05) is 18.3 Å². The summed E-state index contributed by atoms with van der Waals surface area (Å²) in [6.07, 6.45) is 5.20. The molecule has 0 spiro atoms. The number of para-hydroxylation sites is 1. The van der Waals surface area contributed by atoms with Gasteiger partial charge in [-0.3, -0.25) is 4.79 Å². The van der Waals surface area contributed by atoms with Crippen LogP contribution in [0.15, 0.2) is 67.1 Å². The van der Waals surface area contributed by atoms with Gasteiger partial charge in [-0.15, -0.1) is 0 Å². The summed E-state index contributed by atoms with van der Waals surface area (Å²) < 4.78 is 7.79. The highest BCUT2D eigenvalue weighted by molar-refractivity contribution is 5.94. The van der Waals surface area contributed by atoms with Gasteiger partial charge in [0.2, 0.25) is 0 Å². The van der Waals surface area contributed by atoms with Crippen LogP contribution in [0.1, 0.15) is 19.8 Å². The molecule has 0 unspecified atom stereocenters. The van der Waals surface area contributed by atoms with Crippen LogP contribution in [0.2, 0.25) is 0 Å². The maximum atomic E-state index is 12.4. The smallest absolute Gasteiger partial charge is 0.298 e. The second-order valence-corrected chi connectivity index (χ2v) is 7.90. The maximum absolute atomic E-state index is 12.4. The van der Waals surface area contributed by atoms with Crippen molar-refractivity contribution in [2.24, 2.45) is 0 Å². The molecule has 7 nitrogen and oxygen atoms in total. The van der Waals surface area contributed by atoms with E-state index >= 15 is 0 Å². The summed E-state index contributed by atoms with van der Waals surface area (Å²) in [5.74, 6) is 6.79. The summed E-state index contributed by atoms with van der Waals surface area (Å²) in [6.45, 7) is 2.98. The third kappa shape index (κ3) is 4.28. The Morgan fingerprint density at radius 2 is 1.91 bits per heavy atom. The van der Waals surface area contributed by atoms with Crippen molar-refractivity contribution in [2.45, 2.75) is 32.4 Å². The highest BCUT2D eigenvalue weighted by Gasteiger charge is 2.29. The van der Waals surface area contributed by atoms with E-state index in [0.29, 0.717) is 6.54 Å². The first-order valence-corrected chi connectivity index (χ1v) is 11.0. The Kier molecular flexibility index (Phi) is 5.73. The van der Waals surface area contributed by atoms with Gasteiger partial charge in [0.1, 0.15) is 23.5 Å². The van der Waals surface area contributed by atoms with Crippen LogP contribution >= 0.6 is 0 Å². The van der Waals surface area contributed by atoms with E-state index in [1.165, 1.54) is 6.33 Å². The van der Waals surface area contributed by atoms with E-state index in [0.717, 1.165) is 53.2 Å². The minimum Gasteiger partial charge on any atom is -0.457 e. The molecule has 0 aliphatic carbocycles. The zero-order chi connectivity index (χ0) is 22.6. The average molecular weight is 438 g/mol. The summed E-state index contributed by atoms with van der Waals surface area (Å²) in [5.41, 5.74) is 2.51. The van der Waals surface area contributed by atoms with E-state index in [1.807, 2.05) is 64.2 Å². The molecule has 1 saturated heterocycles. The number of aromatic nitrogens is 4. The van der Waals surface area contributed by atoms with Gasteiger partial charge in [0.05, 0.1) is 18.0 Å². The van der Waals surface area contributed by atoms with Gasteiger partial charge in [-0.1, -0.05) is 24.1 Å². The second-order valence-electron chi connectivity index (χ2n) is 7.90. The summed E-state index contributed by atoms with van der Waals surface area (Å²) in [6, 6.07) is 17.6. The van der Waals surface area contributed by atoms with Gasteiger partial charge in [0.15, 0.2) is 5.65 Å². The van der Waals surface area contributed by atoms with E-state index < -0.39 is 0 Å². The molecule has 1 fully saturated rings. The first-order valence-electron chi connectivity index (χ1n) is 11.0. The van der Waals surface area contributed by atoms with E-state index in [1.54, 1.807) is 13.1 Å². The summed E-state index contributed by atoms with van der Waals surface area (Å²) in [5, 5.41) is 5.75. The average Bonchev–Trinajstić information content (AvgIpc) is 3.46. The molecule has 2 aromatic carbocycles. The van der Waals surface area contributed by atoms with Gasteiger partial charge >= 0.3 is 0 Å². The summed E-state index contributed by atoms with van der Waals surface area (Å²) in [4.78, 5) is 22.9. The molecule has 2 aromatic heterocycles. The Bertz CT molecular complexity index is 1340. The molecule has 0 bridgehead atoms. The Balaban J connectivity index is 1.43. The highest BCUT2D eigenvalue weighted by atomic mass is 16.5. The largest absolute Gasteiger partial charge is 0.457 e. The van der Waals surface area contributed by atoms with Crippen molar-refractivity contribution in [2.75, 3.05) is 6.54 Å². The lowest BCUT2D eigenvalue weighted by molar-refractivity contribution is -0.126. The van der Waals surface area contributed by atoms with Crippen LogP contribution in [0.5, 0.6) is 11.5 Å². The molecule has 0 N–H and O–H groups in total. The molecule has 5 rings (SSSR count). The number of carbonyl (C=O) groups is 1.